The van der Waals surface area contributed by atoms with Gasteiger partial charge >= 0.3 is 0 Å². The van der Waals surface area contributed by atoms with Gasteiger partial charge in [-0.2, -0.15) is 0 Å². The molecule has 27 heavy (non-hydrogen) atoms. The van der Waals surface area contributed by atoms with Crippen molar-refractivity contribution in [3.63, 3.8) is 0 Å². The van der Waals surface area contributed by atoms with Crippen molar-refractivity contribution in [1.82, 2.24) is 15.1 Å². The molecule has 1 aromatic rings. The van der Waals surface area contributed by atoms with Crippen molar-refractivity contribution in [3.05, 3.63) is 34.9 Å². The lowest BCUT2D eigenvalue weighted by atomic mass is 10.0. The molecule has 1 heterocycles. The number of rotatable bonds is 5. The van der Waals surface area contributed by atoms with E-state index in [9.17, 15) is 14.4 Å². The van der Waals surface area contributed by atoms with Crippen LogP contribution in [0.25, 0.3) is 0 Å². The van der Waals surface area contributed by atoms with Gasteiger partial charge in [-0.1, -0.05) is 51.4 Å². The Hall–Kier alpha value is -2.08. The third-order valence-electron chi connectivity index (χ3n) is 4.73. The zero-order chi connectivity index (χ0) is 20.1. The van der Waals surface area contributed by atoms with Crippen LogP contribution in [-0.2, 0) is 9.59 Å². The zero-order valence-corrected chi connectivity index (χ0v) is 17.1. The number of nitrogens with one attached hydrogen (secondary N) is 1. The average Bonchev–Trinajstić information content (AvgIpc) is 2.65. The smallest absolute Gasteiger partial charge is 0.253 e. The monoisotopic (exact) mass is 393 g/mol. The molecule has 0 aromatic heterocycles. The Kier molecular flexibility index (Phi) is 7.25. The van der Waals surface area contributed by atoms with Crippen LogP contribution in [0, 0.1) is 11.8 Å². The summed E-state index contributed by atoms with van der Waals surface area (Å²) in [6.07, 6.45) is 0. The molecular weight excluding hydrogens is 366 g/mol. The predicted octanol–water partition coefficient (Wildman–Crippen LogP) is 2.42. The minimum Gasteiger partial charge on any atom is -0.340 e. The van der Waals surface area contributed by atoms with Gasteiger partial charge in [0.2, 0.25) is 11.8 Å². The van der Waals surface area contributed by atoms with Crippen molar-refractivity contribution in [3.8, 4) is 0 Å². The first-order valence-corrected chi connectivity index (χ1v) is 9.73. The van der Waals surface area contributed by atoms with E-state index in [0.717, 1.165) is 0 Å². The number of hydrogen-bond acceptors (Lipinski definition) is 3. The molecule has 1 aromatic carbocycles. The molecule has 0 radical (unpaired) electrons. The number of nitrogens with zero attached hydrogens (tertiary/aromatic N) is 2. The summed E-state index contributed by atoms with van der Waals surface area (Å²) in [5.41, 5.74) is 0.352. The Labute approximate surface area is 165 Å². The molecule has 1 aliphatic rings. The molecule has 0 spiro atoms. The van der Waals surface area contributed by atoms with Crippen LogP contribution in [0.5, 0.6) is 0 Å². The molecule has 0 saturated carbocycles. The minimum absolute atomic E-state index is 0.0504. The molecule has 1 atom stereocenters. The first kappa shape index (κ1) is 21.2. The van der Waals surface area contributed by atoms with Crippen LogP contribution >= 0.6 is 11.6 Å². The quantitative estimate of drug-likeness (QED) is 0.835. The van der Waals surface area contributed by atoms with Crippen molar-refractivity contribution in [2.45, 2.75) is 33.7 Å². The largest absolute Gasteiger partial charge is 0.340 e. The van der Waals surface area contributed by atoms with Gasteiger partial charge in [0, 0.05) is 32.1 Å². The highest BCUT2D eigenvalue weighted by molar-refractivity contribution is 6.33. The maximum atomic E-state index is 13.0. The van der Waals surface area contributed by atoms with Gasteiger partial charge in [0.15, 0.2) is 0 Å². The van der Waals surface area contributed by atoms with Crippen molar-refractivity contribution in [1.29, 1.82) is 0 Å². The second-order valence-corrected chi connectivity index (χ2v) is 7.89. The van der Waals surface area contributed by atoms with Gasteiger partial charge in [-0.3, -0.25) is 14.4 Å². The Balaban J connectivity index is 2.03. The van der Waals surface area contributed by atoms with E-state index in [2.05, 4.69) is 5.32 Å². The highest BCUT2D eigenvalue weighted by Gasteiger charge is 2.32. The maximum Gasteiger partial charge on any atom is 0.253 e. The van der Waals surface area contributed by atoms with E-state index in [4.69, 9.17) is 11.6 Å². The Morgan fingerprint density at radius 3 is 1.93 bits per heavy atom. The van der Waals surface area contributed by atoms with Gasteiger partial charge in [-0.05, 0) is 18.1 Å². The Bertz CT molecular complexity index is 697. The van der Waals surface area contributed by atoms with Crippen LogP contribution in [0.15, 0.2) is 24.3 Å². The van der Waals surface area contributed by atoms with Gasteiger partial charge < -0.3 is 15.1 Å². The normalized spacial score (nSPS) is 15.8. The summed E-state index contributed by atoms with van der Waals surface area (Å²) in [5.74, 6) is -0.498. The van der Waals surface area contributed by atoms with E-state index in [-0.39, 0.29) is 29.6 Å². The van der Waals surface area contributed by atoms with Crippen molar-refractivity contribution in [2.75, 3.05) is 26.2 Å². The number of amides is 3. The summed E-state index contributed by atoms with van der Waals surface area (Å²) in [6, 6.07) is 6.13. The summed E-state index contributed by atoms with van der Waals surface area (Å²) in [6.45, 7) is 9.53. The van der Waals surface area contributed by atoms with E-state index in [1.807, 2.05) is 27.7 Å². The van der Waals surface area contributed by atoms with E-state index in [0.29, 0.717) is 36.8 Å². The molecule has 1 N–H and O–H groups in total. The molecule has 6 nitrogen and oxygen atoms in total. The predicted molar refractivity (Wildman–Crippen MR) is 106 cm³/mol. The third-order valence-corrected chi connectivity index (χ3v) is 5.06. The number of benzene rings is 1. The maximum absolute atomic E-state index is 13.0. The molecule has 2 rings (SSSR count). The van der Waals surface area contributed by atoms with Gasteiger partial charge in [0.1, 0.15) is 6.04 Å². The zero-order valence-electron chi connectivity index (χ0n) is 16.4. The first-order chi connectivity index (χ1) is 12.7. The Morgan fingerprint density at radius 2 is 1.44 bits per heavy atom. The lowest BCUT2D eigenvalue weighted by Crippen LogP contribution is -2.57. The number of carbonyl (C=O) groups is 3. The number of carbonyl (C=O) groups excluding carboxylic acids is 3. The van der Waals surface area contributed by atoms with Crippen molar-refractivity contribution >= 4 is 29.3 Å². The molecular formula is C20H28ClN3O3. The molecule has 1 unspecified atom stereocenters. The van der Waals surface area contributed by atoms with Gasteiger partial charge in [-0.25, -0.2) is 0 Å². The lowest BCUT2D eigenvalue weighted by molar-refractivity contribution is -0.142. The van der Waals surface area contributed by atoms with Crippen LogP contribution in [0.2, 0.25) is 5.02 Å². The highest BCUT2D eigenvalue weighted by atomic mass is 35.5. The van der Waals surface area contributed by atoms with Gasteiger partial charge in [-0.15, -0.1) is 0 Å². The third kappa shape index (κ3) is 5.22. The SMILES string of the molecule is CC(C)C(=O)N1CCN(C(=O)C(NC(=O)c2ccccc2Cl)C(C)C)CC1. The fourth-order valence-electron chi connectivity index (χ4n) is 3.09. The second kappa shape index (κ2) is 9.22. The Morgan fingerprint density at radius 1 is 0.926 bits per heavy atom. The topological polar surface area (TPSA) is 69.7 Å². The van der Waals surface area contributed by atoms with E-state index in [1.54, 1.807) is 34.1 Å². The van der Waals surface area contributed by atoms with E-state index < -0.39 is 6.04 Å². The molecule has 148 valence electrons. The van der Waals surface area contributed by atoms with Crippen molar-refractivity contribution < 1.29 is 14.4 Å². The standard InChI is InChI=1S/C20H28ClN3O3/c1-13(2)17(22-18(25)15-7-5-6-8-16(15)21)20(27)24-11-9-23(10-12-24)19(26)14(3)4/h5-8,13-14,17H,9-12H2,1-4H3,(H,22,25). The average molecular weight is 394 g/mol. The van der Waals surface area contributed by atoms with Crippen LogP contribution < -0.4 is 5.32 Å². The second-order valence-electron chi connectivity index (χ2n) is 7.48. The van der Waals surface area contributed by atoms with Gasteiger partial charge in [0.05, 0.1) is 10.6 Å². The van der Waals surface area contributed by atoms with Crippen LogP contribution in [0.4, 0.5) is 0 Å². The fourth-order valence-corrected chi connectivity index (χ4v) is 3.31. The molecule has 1 saturated heterocycles. The molecule has 1 aliphatic heterocycles. The number of hydrogen-bond donors (Lipinski definition) is 1. The molecule has 0 aliphatic carbocycles. The fraction of sp³-hybridized carbons (Fsp3) is 0.550. The summed E-state index contributed by atoms with van der Waals surface area (Å²) >= 11 is 6.09. The number of piperazine rings is 1. The summed E-state index contributed by atoms with van der Waals surface area (Å²) in [4.78, 5) is 41.2. The molecule has 1 fully saturated rings. The summed E-state index contributed by atoms with van der Waals surface area (Å²) in [7, 11) is 0. The minimum atomic E-state index is -0.638. The van der Waals surface area contributed by atoms with Crippen LogP contribution in [0.3, 0.4) is 0 Å². The summed E-state index contributed by atoms with van der Waals surface area (Å²) in [5, 5.41) is 3.18. The van der Waals surface area contributed by atoms with E-state index in [1.165, 1.54) is 0 Å². The molecule has 3 amide bonds. The number of halogens is 1. The molecule has 7 heteroatoms. The van der Waals surface area contributed by atoms with E-state index >= 15 is 0 Å². The van der Waals surface area contributed by atoms with Gasteiger partial charge in [0.25, 0.3) is 5.91 Å². The molecule has 0 bridgehead atoms. The van der Waals surface area contributed by atoms with Crippen LogP contribution in [0.1, 0.15) is 38.1 Å². The highest BCUT2D eigenvalue weighted by Crippen LogP contribution is 2.17. The lowest BCUT2D eigenvalue weighted by Gasteiger charge is -2.38. The summed E-state index contributed by atoms with van der Waals surface area (Å²) < 4.78 is 0. The van der Waals surface area contributed by atoms with Crippen LogP contribution in [-0.4, -0.2) is 59.7 Å². The first-order valence-electron chi connectivity index (χ1n) is 9.35. The van der Waals surface area contributed by atoms with Crippen molar-refractivity contribution in [2.24, 2.45) is 11.8 Å².